The van der Waals surface area contributed by atoms with Gasteiger partial charge in [0.2, 0.25) is 0 Å². The molecule has 1 aliphatic carbocycles. The second kappa shape index (κ2) is 5.16. The van der Waals surface area contributed by atoms with Crippen LogP contribution < -0.4 is 11.1 Å². The second-order valence-electron chi connectivity index (χ2n) is 4.64. The molecule has 4 nitrogen and oxygen atoms in total. The standard InChI is InChI=1S/C12H14F3N3O/c13-12(14,15)8-3-4-10(17-5-8)11(19)18-6-9(16)7-1-2-7/h3-5,7,9H,1-2,6,16H2,(H,18,19). The van der Waals surface area contributed by atoms with Gasteiger partial charge in [-0.25, -0.2) is 0 Å². The van der Waals surface area contributed by atoms with Gasteiger partial charge in [-0.05, 0) is 30.9 Å². The Kier molecular flexibility index (Phi) is 3.75. The number of rotatable bonds is 4. The Balaban J connectivity index is 1.91. The normalized spacial score (nSPS) is 17.1. The molecule has 104 valence electrons. The molecule has 0 aliphatic heterocycles. The number of halogens is 3. The van der Waals surface area contributed by atoms with E-state index in [1.54, 1.807) is 0 Å². The molecule has 1 fully saturated rings. The molecule has 1 unspecified atom stereocenters. The van der Waals surface area contributed by atoms with Gasteiger partial charge in [0.05, 0.1) is 5.56 Å². The molecular weight excluding hydrogens is 259 g/mol. The van der Waals surface area contributed by atoms with Crippen molar-refractivity contribution in [3.63, 3.8) is 0 Å². The van der Waals surface area contributed by atoms with E-state index in [9.17, 15) is 18.0 Å². The third-order valence-corrected chi connectivity index (χ3v) is 3.05. The van der Waals surface area contributed by atoms with Gasteiger partial charge < -0.3 is 11.1 Å². The molecule has 1 amide bonds. The maximum atomic E-state index is 12.3. The molecule has 0 radical (unpaired) electrons. The molecule has 1 aromatic heterocycles. The van der Waals surface area contributed by atoms with Crippen molar-refractivity contribution in [3.8, 4) is 0 Å². The van der Waals surface area contributed by atoms with Crippen LogP contribution >= 0.6 is 0 Å². The van der Waals surface area contributed by atoms with Crippen molar-refractivity contribution in [2.45, 2.75) is 25.1 Å². The van der Waals surface area contributed by atoms with Crippen LogP contribution in [-0.4, -0.2) is 23.5 Å². The molecule has 0 saturated heterocycles. The Labute approximate surface area is 108 Å². The van der Waals surface area contributed by atoms with Crippen LogP contribution in [0.4, 0.5) is 13.2 Å². The van der Waals surface area contributed by atoms with E-state index in [0.717, 1.165) is 25.0 Å². The molecule has 1 heterocycles. The SMILES string of the molecule is NC(CNC(=O)c1ccc(C(F)(F)F)cn1)C1CC1. The van der Waals surface area contributed by atoms with Gasteiger partial charge in [-0.1, -0.05) is 0 Å². The van der Waals surface area contributed by atoms with Gasteiger partial charge in [-0.15, -0.1) is 0 Å². The minimum absolute atomic E-state index is 0.0454. The number of hydrogen-bond acceptors (Lipinski definition) is 3. The van der Waals surface area contributed by atoms with E-state index >= 15 is 0 Å². The quantitative estimate of drug-likeness (QED) is 0.875. The van der Waals surface area contributed by atoms with Crippen molar-refractivity contribution in [2.24, 2.45) is 11.7 Å². The number of hydrogen-bond donors (Lipinski definition) is 2. The first-order chi connectivity index (χ1) is 8.88. The van der Waals surface area contributed by atoms with Crippen LogP contribution in [0.15, 0.2) is 18.3 Å². The zero-order valence-corrected chi connectivity index (χ0v) is 10.1. The summed E-state index contributed by atoms with van der Waals surface area (Å²) in [5.74, 6) is -0.0642. The Morgan fingerprint density at radius 2 is 2.16 bits per heavy atom. The highest BCUT2D eigenvalue weighted by molar-refractivity contribution is 5.92. The van der Waals surface area contributed by atoms with E-state index in [-0.39, 0.29) is 11.7 Å². The first kappa shape index (κ1) is 13.8. The number of nitrogens with one attached hydrogen (secondary N) is 1. The van der Waals surface area contributed by atoms with Crippen molar-refractivity contribution in [1.82, 2.24) is 10.3 Å². The summed E-state index contributed by atoms with van der Waals surface area (Å²) in [5.41, 5.74) is 4.88. The molecule has 1 aliphatic rings. The minimum Gasteiger partial charge on any atom is -0.349 e. The van der Waals surface area contributed by atoms with E-state index in [1.165, 1.54) is 0 Å². The predicted molar refractivity (Wildman–Crippen MR) is 62.3 cm³/mol. The van der Waals surface area contributed by atoms with Crippen LogP contribution in [0, 0.1) is 5.92 Å². The number of carbonyl (C=O) groups excluding carboxylic acids is 1. The lowest BCUT2D eigenvalue weighted by Gasteiger charge is -2.11. The highest BCUT2D eigenvalue weighted by Gasteiger charge is 2.31. The largest absolute Gasteiger partial charge is 0.417 e. The molecule has 7 heteroatoms. The minimum atomic E-state index is -4.45. The molecule has 19 heavy (non-hydrogen) atoms. The third-order valence-electron chi connectivity index (χ3n) is 3.05. The highest BCUT2D eigenvalue weighted by Crippen LogP contribution is 2.31. The summed E-state index contributed by atoms with van der Waals surface area (Å²) >= 11 is 0. The summed E-state index contributed by atoms with van der Waals surface area (Å²) in [4.78, 5) is 15.2. The summed E-state index contributed by atoms with van der Waals surface area (Å²) in [5, 5.41) is 2.57. The Hall–Kier alpha value is -1.63. The fourth-order valence-electron chi connectivity index (χ4n) is 1.69. The van der Waals surface area contributed by atoms with Gasteiger partial charge in [0, 0.05) is 18.8 Å². The zero-order chi connectivity index (χ0) is 14.0. The van der Waals surface area contributed by atoms with Crippen molar-refractivity contribution in [2.75, 3.05) is 6.54 Å². The fraction of sp³-hybridized carbons (Fsp3) is 0.500. The second-order valence-corrected chi connectivity index (χ2v) is 4.64. The van der Waals surface area contributed by atoms with Crippen LogP contribution in [0.2, 0.25) is 0 Å². The number of carbonyl (C=O) groups is 1. The maximum Gasteiger partial charge on any atom is 0.417 e. The predicted octanol–water partition coefficient (Wildman–Crippen LogP) is 1.57. The monoisotopic (exact) mass is 273 g/mol. The summed E-state index contributed by atoms with van der Waals surface area (Å²) in [6.07, 6.45) is -1.67. The first-order valence-corrected chi connectivity index (χ1v) is 5.95. The van der Waals surface area contributed by atoms with E-state index in [2.05, 4.69) is 10.3 Å². The number of pyridine rings is 1. The zero-order valence-electron chi connectivity index (χ0n) is 10.1. The molecule has 3 N–H and O–H groups in total. The lowest BCUT2D eigenvalue weighted by molar-refractivity contribution is -0.137. The van der Waals surface area contributed by atoms with Crippen LogP contribution in [0.5, 0.6) is 0 Å². The van der Waals surface area contributed by atoms with E-state index in [0.29, 0.717) is 18.7 Å². The van der Waals surface area contributed by atoms with Gasteiger partial charge in [-0.2, -0.15) is 13.2 Å². The van der Waals surface area contributed by atoms with E-state index in [1.807, 2.05) is 0 Å². The third kappa shape index (κ3) is 3.66. The fourth-order valence-corrected chi connectivity index (χ4v) is 1.69. The number of nitrogens with two attached hydrogens (primary N) is 1. The number of aromatic nitrogens is 1. The van der Waals surface area contributed by atoms with Gasteiger partial charge >= 0.3 is 6.18 Å². The average Bonchev–Trinajstić information content (AvgIpc) is 3.19. The van der Waals surface area contributed by atoms with Gasteiger partial charge in [0.15, 0.2) is 0 Å². The molecule has 1 atom stereocenters. The lowest BCUT2D eigenvalue weighted by Crippen LogP contribution is -2.38. The summed E-state index contributed by atoms with van der Waals surface area (Å²) in [6.45, 7) is 0.312. The van der Waals surface area contributed by atoms with Gasteiger partial charge in [0.1, 0.15) is 5.69 Å². The molecule has 0 aromatic carbocycles. The van der Waals surface area contributed by atoms with Gasteiger partial charge in [-0.3, -0.25) is 9.78 Å². The van der Waals surface area contributed by atoms with Crippen molar-refractivity contribution in [1.29, 1.82) is 0 Å². The van der Waals surface area contributed by atoms with Crippen LogP contribution in [-0.2, 0) is 6.18 Å². The molecule has 2 rings (SSSR count). The maximum absolute atomic E-state index is 12.3. The molecule has 0 spiro atoms. The smallest absolute Gasteiger partial charge is 0.349 e. The van der Waals surface area contributed by atoms with E-state index < -0.39 is 17.6 Å². The van der Waals surface area contributed by atoms with E-state index in [4.69, 9.17) is 5.73 Å². The van der Waals surface area contributed by atoms with Crippen molar-refractivity contribution in [3.05, 3.63) is 29.6 Å². The van der Waals surface area contributed by atoms with Gasteiger partial charge in [0.25, 0.3) is 5.91 Å². The van der Waals surface area contributed by atoms with Crippen LogP contribution in [0.25, 0.3) is 0 Å². The average molecular weight is 273 g/mol. The first-order valence-electron chi connectivity index (χ1n) is 5.95. The Morgan fingerprint density at radius 3 is 2.63 bits per heavy atom. The lowest BCUT2D eigenvalue weighted by atomic mass is 10.2. The highest BCUT2D eigenvalue weighted by atomic mass is 19.4. The topological polar surface area (TPSA) is 68.0 Å². The molecule has 0 bridgehead atoms. The van der Waals surface area contributed by atoms with Crippen molar-refractivity contribution < 1.29 is 18.0 Å². The molecular formula is C12H14F3N3O. The summed E-state index contributed by atoms with van der Waals surface area (Å²) < 4.78 is 36.9. The summed E-state index contributed by atoms with van der Waals surface area (Å²) in [7, 11) is 0. The molecule has 1 aromatic rings. The summed E-state index contributed by atoms with van der Waals surface area (Å²) in [6, 6.07) is 1.79. The number of alkyl halides is 3. The Morgan fingerprint density at radius 1 is 1.47 bits per heavy atom. The van der Waals surface area contributed by atoms with Crippen molar-refractivity contribution >= 4 is 5.91 Å². The Bertz CT molecular complexity index is 454. The van der Waals surface area contributed by atoms with Crippen LogP contribution in [0.1, 0.15) is 28.9 Å². The molecule has 1 saturated carbocycles. The number of amides is 1. The number of nitrogens with zero attached hydrogens (tertiary/aromatic N) is 1. The van der Waals surface area contributed by atoms with Crippen LogP contribution in [0.3, 0.4) is 0 Å².